The molecule has 100 valence electrons. The van der Waals surface area contributed by atoms with Gasteiger partial charge >= 0.3 is 0 Å². The van der Waals surface area contributed by atoms with Crippen LogP contribution in [0.15, 0.2) is 73.0 Å². The van der Waals surface area contributed by atoms with Gasteiger partial charge in [0.05, 0.1) is 0 Å². The van der Waals surface area contributed by atoms with Gasteiger partial charge in [-0.15, -0.1) is 5.73 Å². The molecule has 1 aliphatic carbocycles. The number of rotatable bonds is 3. The lowest BCUT2D eigenvalue weighted by Crippen LogP contribution is -2.46. The summed E-state index contributed by atoms with van der Waals surface area (Å²) >= 11 is 0. The zero-order chi connectivity index (χ0) is 14.0. The van der Waals surface area contributed by atoms with E-state index >= 15 is 0 Å². The second-order valence-electron chi connectivity index (χ2n) is 5.34. The molecule has 2 atom stereocenters. The summed E-state index contributed by atoms with van der Waals surface area (Å²) in [5.74, 6) is 0.133. The van der Waals surface area contributed by atoms with E-state index in [0.29, 0.717) is 0 Å². The van der Waals surface area contributed by atoms with Crippen LogP contribution in [0.2, 0.25) is 0 Å². The molecule has 20 heavy (non-hydrogen) atoms. The van der Waals surface area contributed by atoms with Gasteiger partial charge in [-0.2, -0.15) is 0 Å². The van der Waals surface area contributed by atoms with Gasteiger partial charge in [-0.05, 0) is 24.0 Å². The Morgan fingerprint density at radius 1 is 1.05 bits per heavy atom. The number of benzene rings is 2. The zero-order valence-electron chi connectivity index (χ0n) is 11.4. The number of aliphatic hydroxyl groups is 1. The molecule has 0 amide bonds. The highest BCUT2D eigenvalue weighted by Crippen LogP contribution is 2.52. The summed E-state index contributed by atoms with van der Waals surface area (Å²) in [6.07, 6.45) is 1.76. The molecule has 0 unspecified atom stereocenters. The monoisotopic (exact) mass is 262 g/mol. The van der Waals surface area contributed by atoms with Crippen molar-refractivity contribution in [2.45, 2.75) is 24.4 Å². The molecular formula is C19H18O. The van der Waals surface area contributed by atoms with Gasteiger partial charge in [0.25, 0.3) is 0 Å². The Labute approximate surface area is 119 Å². The smallest absolute Gasteiger partial charge is 0.104 e. The van der Waals surface area contributed by atoms with Gasteiger partial charge in [-0.1, -0.05) is 67.2 Å². The van der Waals surface area contributed by atoms with Crippen LogP contribution in [-0.4, -0.2) is 10.7 Å². The molecule has 0 saturated heterocycles. The second-order valence-corrected chi connectivity index (χ2v) is 5.34. The molecular weight excluding hydrogens is 244 g/mol. The van der Waals surface area contributed by atoms with E-state index in [1.165, 1.54) is 5.56 Å². The maximum absolute atomic E-state index is 11.1. The maximum atomic E-state index is 11.1. The Balaban J connectivity index is 1.98. The molecule has 1 heteroatoms. The Hall–Kier alpha value is -2.08. The topological polar surface area (TPSA) is 20.2 Å². The predicted octanol–water partition coefficient (Wildman–Crippen LogP) is 4.16. The predicted molar refractivity (Wildman–Crippen MR) is 82.4 cm³/mol. The standard InChI is InChI=1S/C19H18O/c1-2-17(15-9-5-3-6-10-15)19(20)14-13-18(19)16-11-7-4-8-12-16/h3-12,18,20H,1,13-14H2/t18-,19+/m1/s1. The Morgan fingerprint density at radius 3 is 2.15 bits per heavy atom. The first-order chi connectivity index (χ1) is 9.75. The molecule has 0 spiro atoms. The van der Waals surface area contributed by atoms with Crippen LogP contribution in [0.1, 0.15) is 29.9 Å². The molecule has 1 aliphatic rings. The van der Waals surface area contributed by atoms with Gasteiger partial charge in [0.1, 0.15) is 5.60 Å². The molecule has 1 fully saturated rings. The van der Waals surface area contributed by atoms with Crippen molar-refractivity contribution in [2.75, 3.05) is 0 Å². The maximum Gasteiger partial charge on any atom is 0.104 e. The third kappa shape index (κ3) is 2.02. The van der Waals surface area contributed by atoms with Crippen LogP contribution < -0.4 is 0 Å². The van der Waals surface area contributed by atoms with Gasteiger partial charge < -0.3 is 5.11 Å². The highest BCUT2D eigenvalue weighted by atomic mass is 16.3. The average Bonchev–Trinajstić information content (AvgIpc) is 2.49. The van der Waals surface area contributed by atoms with Crippen LogP contribution in [0, 0.1) is 0 Å². The molecule has 0 aliphatic heterocycles. The molecule has 0 heterocycles. The molecule has 0 aromatic heterocycles. The first-order valence-corrected chi connectivity index (χ1v) is 6.99. The van der Waals surface area contributed by atoms with Crippen molar-refractivity contribution in [1.82, 2.24) is 0 Å². The molecule has 1 N–H and O–H groups in total. The summed E-state index contributed by atoms with van der Waals surface area (Å²) in [5.41, 5.74) is 5.14. The third-order valence-electron chi connectivity index (χ3n) is 4.26. The summed E-state index contributed by atoms with van der Waals surface area (Å²) in [6.45, 7) is 3.79. The highest BCUT2D eigenvalue weighted by molar-refractivity contribution is 5.74. The molecule has 2 aromatic carbocycles. The molecule has 1 nitrogen and oxygen atoms in total. The summed E-state index contributed by atoms with van der Waals surface area (Å²) in [6, 6.07) is 20.2. The fourth-order valence-electron chi connectivity index (χ4n) is 3.10. The van der Waals surface area contributed by atoms with Crippen molar-refractivity contribution >= 4 is 5.57 Å². The first kappa shape index (κ1) is 12.9. The van der Waals surface area contributed by atoms with Gasteiger partial charge in [-0.3, -0.25) is 0 Å². The minimum absolute atomic E-state index is 0.133. The van der Waals surface area contributed by atoms with Crippen LogP contribution in [0.4, 0.5) is 0 Å². The van der Waals surface area contributed by atoms with E-state index in [1.54, 1.807) is 0 Å². The minimum atomic E-state index is -0.843. The summed E-state index contributed by atoms with van der Waals surface area (Å²) in [4.78, 5) is 0. The lowest BCUT2D eigenvalue weighted by atomic mass is 9.61. The lowest BCUT2D eigenvalue weighted by molar-refractivity contribution is -0.00251. The fraction of sp³-hybridized carbons (Fsp3) is 0.211. The van der Waals surface area contributed by atoms with Crippen molar-refractivity contribution in [1.29, 1.82) is 0 Å². The first-order valence-electron chi connectivity index (χ1n) is 6.99. The van der Waals surface area contributed by atoms with Crippen LogP contribution in [0.25, 0.3) is 5.57 Å². The SMILES string of the molecule is C=C=C(c1ccccc1)[C@@]1(O)CC[C@@H]1c1ccccc1. The Kier molecular flexibility index (Phi) is 3.31. The third-order valence-corrected chi connectivity index (χ3v) is 4.26. The largest absolute Gasteiger partial charge is 0.384 e. The molecule has 0 bridgehead atoms. The van der Waals surface area contributed by atoms with Gasteiger partial charge in [-0.25, -0.2) is 0 Å². The van der Waals surface area contributed by atoms with Crippen LogP contribution in [-0.2, 0) is 0 Å². The van der Waals surface area contributed by atoms with E-state index in [-0.39, 0.29) is 5.92 Å². The lowest BCUT2D eigenvalue weighted by Gasteiger charge is -2.46. The number of hydrogen-bond donors (Lipinski definition) is 1. The molecule has 0 radical (unpaired) electrons. The highest BCUT2D eigenvalue weighted by Gasteiger charge is 2.49. The normalized spacial score (nSPS) is 24.6. The Bertz CT molecular complexity index is 638. The van der Waals surface area contributed by atoms with E-state index in [0.717, 1.165) is 24.0 Å². The second kappa shape index (κ2) is 5.13. The van der Waals surface area contributed by atoms with Crippen molar-refractivity contribution < 1.29 is 5.11 Å². The number of hydrogen-bond acceptors (Lipinski definition) is 1. The van der Waals surface area contributed by atoms with Crippen molar-refractivity contribution in [3.05, 3.63) is 84.1 Å². The van der Waals surface area contributed by atoms with Crippen LogP contribution in [0.3, 0.4) is 0 Å². The van der Waals surface area contributed by atoms with Crippen molar-refractivity contribution in [3.8, 4) is 0 Å². The average molecular weight is 262 g/mol. The summed E-state index contributed by atoms with van der Waals surface area (Å²) in [7, 11) is 0. The van der Waals surface area contributed by atoms with E-state index in [4.69, 9.17) is 0 Å². The van der Waals surface area contributed by atoms with E-state index in [2.05, 4.69) is 24.4 Å². The van der Waals surface area contributed by atoms with Gasteiger partial charge in [0.15, 0.2) is 0 Å². The van der Waals surface area contributed by atoms with Gasteiger partial charge in [0, 0.05) is 11.5 Å². The van der Waals surface area contributed by atoms with Crippen LogP contribution in [0.5, 0.6) is 0 Å². The molecule has 3 rings (SSSR count). The minimum Gasteiger partial charge on any atom is -0.384 e. The van der Waals surface area contributed by atoms with Gasteiger partial charge in [0.2, 0.25) is 0 Å². The summed E-state index contributed by atoms with van der Waals surface area (Å²) < 4.78 is 0. The molecule has 1 saturated carbocycles. The summed E-state index contributed by atoms with van der Waals surface area (Å²) in [5, 5.41) is 11.1. The fourth-order valence-corrected chi connectivity index (χ4v) is 3.10. The van der Waals surface area contributed by atoms with Crippen LogP contribution >= 0.6 is 0 Å². The van der Waals surface area contributed by atoms with Crippen molar-refractivity contribution in [2.24, 2.45) is 0 Å². The molecule has 2 aromatic rings. The van der Waals surface area contributed by atoms with E-state index in [1.807, 2.05) is 48.5 Å². The van der Waals surface area contributed by atoms with E-state index < -0.39 is 5.60 Å². The van der Waals surface area contributed by atoms with E-state index in [9.17, 15) is 5.11 Å². The quantitative estimate of drug-likeness (QED) is 0.823. The zero-order valence-corrected chi connectivity index (χ0v) is 11.4. The van der Waals surface area contributed by atoms with Crippen molar-refractivity contribution in [3.63, 3.8) is 0 Å². The Morgan fingerprint density at radius 2 is 1.65 bits per heavy atom.